The van der Waals surface area contributed by atoms with Gasteiger partial charge in [0, 0.05) is 16.1 Å². The number of nitrogens with zero attached hydrogens (tertiary/aromatic N) is 1. The minimum Gasteiger partial charge on any atom is -0.494 e. The number of halogens is 1. The van der Waals surface area contributed by atoms with Crippen molar-refractivity contribution in [2.24, 2.45) is 0 Å². The number of amides is 1. The van der Waals surface area contributed by atoms with Gasteiger partial charge in [0.1, 0.15) is 5.75 Å². The van der Waals surface area contributed by atoms with E-state index in [0.717, 1.165) is 28.6 Å². The van der Waals surface area contributed by atoms with Crippen molar-refractivity contribution in [2.45, 2.75) is 39.3 Å². The molecule has 0 heterocycles. The highest BCUT2D eigenvalue weighted by atomic mass is 79.9. The lowest BCUT2D eigenvalue weighted by Crippen LogP contribution is -2.31. The fraction of sp³-hybridized carbons (Fsp3) is 0.438. The summed E-state index contributed by atoms with van der Waals surface area (Å²) in [5, 5.41) is 0. The second-order valence-electron chi connectivity index (χ2n) is 4.72. The lowest BCUT2D eigenvalue weighted by Gasteiger charge is -2.21. The first-order chi connectivity index (χ1) is 9.65. The van der Waals surface area contributed by atoms with Gasteiger partial charge in [-0.05, 0) is 50.8 Å². The van der Waals surface area contributed by atoms with Gasteiger partial charge in [-0.3, -0.25) is 4.79 Å². The van der Waals surface area contributed by atoms with Crippen molar-refractivity contribution in [3.05, 3.63) is 28.2 Å². The monoisotopic (exact) mass is 335 g/mol. The van der Waals surface area contributed by atoms with Gasteiger partial charge in [0.25, 0.3) is 5.91 Å². The molecule has 1 saturated carbocycles. The molecule has 1 aromatic carbocycles. The Bertz CT molecular complexity index is 555. The lowest BCUT2D eigenvalue weighted by atomic mass is 10.2. The van der Waals surface area contributed by atoms with Crippen LogP contribution >= 0.6 is 15.9 Å². The molecule has 0 radical (unpaired) electrons. The zero-order valence-corrected chi connectivity index (χ0v) is 13.4. The van der Waals surface area contributed by atoms with Crippen molar-refractivity contribution in [1.29, 1.82) is 0 Å². The Morgan fingerprint density at radius 1 is 1.50 bits per heavy atom. The van der Waals surface area contributed by atoms with Crippen molar-refractivity contribution in [1.82, 2.24) is 4.90 Å². The van der Waals surface area contributed by atoms with Gasteiger partial charge in [0.2, 0.25) is 0 Å². The van der Waals surface area contributed by atoms with Gasteiger partial charge in [-0.25, -0.2) is 0 Å². The molecule has 0 saturated heterocycles. The van der Waals surface area contributed by atoms with Gasteiger partial charge in [-0.15, -0.1) is 0 Å². The Balaban J connectivity index is 2.22. The summed E-state index contributed by atoms with van der Waals surface area (Å²) in [5.41, 5.74) is 1.01. The highest BCUT2D eigenvalue weighted by Crippen LogP contribution is 2.31. The van der Waals surface area contributed by atoms with E-state index in [1.54, 1.807) is 6.92 Å². The molecular formula is C16H18BrNO2. The lowest BCUT2D eigenvalue weighted by molar-refractivity contribution is -0.126. The highest BCUT2D eigenvalue weighted by Gasteiger charge is 2.32. The van der Waals surface area contributed by atoms with Crippen LogP contribution in [0.2, 0.25) is 0 Å². The minimum atomic E-state index is -0.0996. The van der Waals surface area contributed by atoms with E-state index < -0.39 is 0 Å². The molecule has 3 nitrogen and oxygen atoms in total. The number of ether oxygens (including phenoxy) is 1. The van der Waals surface area contributed by atoms with E-state index in [4.69, 9.17) is 4.74 Å². The summed E-state index contributed by atoms with van der Waals surface area (Å²) in [4.78, 5) is 13.9. The van der Waals surface area contributed by atoms with Crippen molar-refractivity contribution in [2.75, 3.05) is 6.61 Å². The van der Waals surface area contributed by atoms with Crippen LogP contribution in [0.15, 0.2) is 22.7 Å². The average molecular weight is 336 g/mol. The second-order valence-corrected chi connectivity index (χ2v) is 5.64. The first kappa shape index (κ1) is 14.9. The van der Waals surface area contributed by atoms with Gasteiger partial charge in [0.05, 0.1) is 13.2 Å². The summed E-state index contributed by atoms with van der Waals surface area (Å²) in [7, 11) is 0. The molecule has 106 valence electrons. The molecule has 1 amide bonds. The normalized spacial score (nSPS) is 13.3. The third-order valence-corrected chi connectivity index (χ3v) is 3.64. The number of carbonyl (C=O) groups excluding carboxylic acids is 1. The number of carbonyl (C=O) groups is 1. The maximum atomic E-state index is 12.1. The van der Waals surface area contributed by atoms with E-state index in [9.17, 15) is 4.79 Å². The van der Waals surface area contributed by atoms with Crippen LogP contribution in [0.5, 0.6) is 5.75 Å². The first-order valence-electron chi connectivity index (χ1n) is 6.80. The SMILES string of the molecule is CC#CC(=O)N(Cc1cc(Br)ccc1OCC)C1CC1. The fourth-order valence-electron chi connectivity index (χ4n) is 2.08. The van der Waals surface area contributed by atoms with Gasteiger partial charge in [-0.1, -0.05) is 21.9 Å². The summed E-state index contributed by atoms with van der Waals surface area (Å²) in [6.45, 7) is 4.81. The average Bonchev–Trinajstić information content (AvgIpc) is 3.23. The first-order valence-corrected chi connectivity index (χ1v) is 7.59. The summed E-state index contributed by atoms with van der Waals surface area (Å²) >= 11 is 3.47. The molecular weight excluding hydrogens is 318 g/mol. The van der Waals surface area contributed by atoms with E-state index >= 15 is 0 Å². The van der Waals surface area contributed by atoms with Crippen LogP contribution in [-0.2, 0) is 11.3 Å². The largest absolute Gasteiger partial charge is 0.494 e. The molecule has 0 bridgehead atoms. The standard InChI is InChI=1S/C16H18BrNO2/c1-3-5-16(19)18(14-7-8-14)11-12-10-13(17)6-9-15(12)20-4-2/h6,9-10,14H,4,7-8,11H2,1-2H3. The quantitative estimate of drug-likeness (QED) is 0.772. The fourth-order valence-corrected chi connectivity index (χ4v) is 2.49. The smallest absolute Gasteiger partial charge is 0.299 e. The maximum absolute atomic E-state index is 12.1. The molecule has 1 aliphatic rings. The minimum absolute atomic E-state index is 0.0996. The van der Waals surface area contributed by atoms with Gasteiger partial charge >= 0.3 is 0 Å². The third kappa shape index (κ3) is 3.77. The molecule has 0 unspecified atom stereocenters. The van der Waals surface area contributed by atoms with Gasteiger partial charge in [-0.2, -0.15) is 0 Å². The molecule has 20 heavy (non-hydrogen) atoms. The predicted octanol–water partition coefficient (Wildman–Crippen LogP) is 3.36. The van der Waals surface area contributed by atoms with Crippen LogP contribution in [0.25, 0.3) is 0 Å². The summed E-state index contributed by atoms with van der Waals surface area (Å²) < 4.78 is 6.62. The predicted molar refractivity (Wildman–Crippen MR) is 82.3 cm³/mol. The van der Waals surface area contributed by atoms with Crippen molar-refractivity contribution in [3.63, 3.8) is 0 Å². The van der Waals surface area contributed by atoms with Crippen molar-refractivity contribution >= 4 is 21.8 Å². The Morgan fingerprint density at radius 3 is 2.85 bits per heavy atom. The molecule has 0 N–H and O–H groups in total. The molecule has 1 fully saturated rings. The van der Waals surface area contributed by atoms with E-state index in [1.165, 1.54) is 0 Å². The molecule has 0 spiro atoms. The van der Waals surface area contributed by atoms with Crippen molar-refractivity contribution < 1.29 is 9.53 Å². The molecule has 0 atom stereocenters. The van der Waals surface area contributed by atoms with E-state index in [0.29, 0.717) is 19.2 Å². The number of benzene rings is 1. The molecule has 0 aromatic heterocycles. The van der Waals surface area contributed by atoms with Crippen molar-refractivity contribution in [3.8, 4) is 17.6 Å². The third-order valence-electron chi connectivity index (χ3n) is 3.14. The van der Waals surface area contributed by atoms with Crippen LogP contribution in [0, 0.1) is 11.8 Å². The van der Waals surface area contributed by atoms with Crippen LogP contribution in [0.3, 0.4) is 0 Å². The highest BCUT2D eigenvalue weighted by molar-refractivity contribution is 9.10. The Kier molecular flexibility index (Phi) is 5.08. The van der Waals surface area contributed by atoms with Gasteiger partial charge < -0.3 is 9.64 Å². The van der Waals surface area contributed by atoms with E-state index in [-0.39, 0.29) is 5.91 Å². The zero-order chi connectivity index (χ0) is 14.5. The second kappa shape index (κ2) is 6.81. The number of rotatable bonds is 5. The number of hydrogen-bond acceptors (Lipinski definition) is 2. The Morgan fingerprint density at radius 2 is 2.25 bits per heavy atom. The number of hydrogen-bond donors (Lipinski definition) is 0. The Hall–Kier alpha value is -1.47. The molecule has 2 rings (SSSR count). The van der Waals surface area contributed by atoms with Crippen LogP contribution in [-0.4, -0.2) is 23.5 Å². The van der Waals surface area contributed by atoms with Crippen LogP contribution < -0.4 is 4.74 Å². The zero-order valence-electron chi connectivity index (χ0n) is 11.8. The molecule has 4 heteroatoms. The maximum Gasteiger partial charge on any atom is 0.299 e. The van der Waals surface area contributed by atoms with E-state index in [2.05, 4.69) is 27.8 Å². The van der Waals surface area contributed by atoms with Crippen LogP contribution in [0.4, 0.5) is 0 Å². The molecule has 1 aliphatic carbocycles. The summed E-state index contributed by atoms with van der Waals surface area (Å²) in [6, 6.07) is 6.22. The summed E-state index contributed by atoms with van der Waals surface area (Å²) in [5.74, 6) is 6.06. The Labute approximate surface area is 128 Å². The summed E-state index contributed by atoms with van der Waals surface area (Å²) in [6.07, 6.45) is 2.13. The molecule has 0 aliphatic heterocycles. The molecule has 1 aromatic rings. The van der Waals surface area contributed by atoms with Crippen LogP contribution in [0.1, 0.15) is 32.3 Å². The van der Waals surface area contributed by atoms with Gasteiger partial charge in [0.15, 0.2) is 0 Å². The van der Waals surface area contributed by atoms with E-state index in [1.807, 2.05) is 30.0 Å². The topological polar surface area (TPSA) is 29.5 Å².